The standard InChI is InChI=1S/C14H26N4O2S/c1-4-13-6-9-17(10-13)21(19,20)14-11(2)16-18(12(14)3)8-5-7-15/h13H,4-10,15H2,1-3H3. The van der Waals surface area contributed by atoms with Gasteiger partial charge in [0.05, 0.1) is 11.4 Å². The summed E-state index contributed by atoms with van der Waals surface area (Å²) in [5, 5.41) is 4.38. The van der Waals surface area contributed by atoms with Gasteiger partial charge in [-0.25, -0.2) is 8.42 Å². The van der Waals surface area contributed by atoms with Crippen LogP contribution in [0.25, 0.3) is 0 Å². The van der Waals surface area contributed by atoms with Crippen molar-refractivity contribution >= 4 is 10.0 Å². The highest BCUT2D eigenvalue weighted by Crippen LogP contribution is 2.29. The molecule has 2 N–H and O–H groups in total. The predicted molar refractivity (Wildman–Crippen MR) is 82.5 cm³/mol. The van der Waals surface area contributed by atoms with E-state index < -0.39 is 10.0 Å². The highest BCUT2D eigenvalue weighted by molar-refractivity contribution is 7.89. The lowest BCUT2D eigenvalue weighted by Crippen LogP contribution is -2.29. The third-order valence-corrected chi connectivity index (χ3v) is 6.43. The van der Waals surface area contributed by atoms with Gasteiger partial charge in [0.15, 0.2) is 0 Å². The Morgan fingerprint density at radius 3 is 2.67 bits per heavy atom. The summed E-state index contributed by atoms with van der Waals surface area (Å²) in [6.07, 6.45) is 2.78. The van der Waals surface area contributed by atoms with Crippen LogP contribution in [0.4, 0.5) is 0 Å². The van der Waals surface area contributed by atoms with Crippen molar-refractivity contribution in [2.24, 2.45) is 11.7 Å². The van der Waals surface area contributed by atoms with Crippen molar-refractivity contribution in [1.82, 2.24) is 14.1 Å². The number of hydrogen-bond acceptors (Lipinski definition) is 4. The molecule has 0 radical (unpaired) electrons. The van der Waals surface area contributed by atoms with Crippen LogP contribution in [0.15, 0.2) is 4.90 Å². The fraction of sp³-hybridized carbons (Fsp3) is 0.786. The van der Waals surface area contributed by atoms with E-state index in [0.29, 0.717) is 42.7 Å². The monoisotopic (exact) mass is 314 g/mol. The lowest BCUT2D eigenvalue weighted by Gasteiger charge is -2.16. The van der Waals surface area contributed by atoms with E-state index in [0.717, 1.165) is 25.0 Å². The lowest BCUT2D eigenvalue weighted by molar-refractivity contribution is 0.452. The molecule has 1 aromatic rings. The maximum Gasteiger partial charge on any atom is 0.246 e. The summed E-state index contributed by atoms with van der Waals surface area (Å²) in [4.78, 5) is 0.385. The van der Waals surface area contributed by atoms with Gasteiger partial charge in [0.25, 0.3) is 0 Å². The van der Waals surface area contributed by atoms with Gasteiger partial charge in [-0.2, -0.15) is 9.40 Å². The first-order valence-electron chi connectivity index (χ1n) is 7.66. The molecule has 0 spiro atoms. The molecule has 1 aliphatic rings. The minimum absolute atomic E-state index is 0.385. The van der Waals surface area contributed by atoms with Crippen molar-refractivity contribution < 1.29 is 8.42 Å². The molecule has 0 aliphatic carbocycles. The van der Waals surface area contributed by atoms with Crippen molar-refractivity contribution in [1.29, 1.82) is 0 Å². The Morgan fingerprint density at radius 2 is 2.10 bits per heavy atom. The molecule has 7 heteroatoms. The fourth-order valence-corrected chi connectivity index (χ4v) is 4.89. The van der Waals surface area contributed by atoms with Gasteiger partial charge in [0.2, 0.25) is 10.0 Å². The largest absolute Gasteiger partial charge is 0.330 e. The maximum atomic E-state index is 12.9. The van der Waals surface area contributed by atoms with Crippen molar-refractivity contribution in [3.63, 3.8) is 0 Å². The topological polar surface area (TPSA) is 81.2 Å². The first-order chi connectivity index (χ1) is 9.91. The first kappa shape index (κ1) is 16.5. The van der Waals surface area contributed by atoms with E-state index in [1.165, 1.54) is 0 Å². The number of nitrogens with zero attached hydrogens (tertiary/aromatic N) is 3. The minimum atomic E-state index is -3.43. The van der Waals surface area contributed by atoms with Crippen LogP contribution in [-0.4, -0.2) is 42.1 Å². The summed E-state index contributed by atoms with van der Waals surface area (Å²) >= 11 is 0. The van der Waals surface area contributed by atoms with E-state index in [9.17, 15) is 8.42 Å². The molecule has 2 rings (SSSR count). The van der Waals surface area contributed by atoms with Gasteiger partial charge in [-0.3, -0.25) is 4.68 Å². The van der Waals surface area contributed by atoms with Crippen LogP contribution in [0.3, 0.4) is 0 Å². The Balaban J connectivity index is 2.30. The molecule has 2 heterocycles. The van der Waals surface area contributed by atoms with E-state index in [4.69, 9.17) is 5.73 Å². The van der Waals surface area contributed by atoms with E-state index in [2.05, 4.69) is 12.0 Å². The first-order valence-corrected chi connectivity index (χ1v) is 9.10. The van der Waals surface area contributed by atoms with E-state index in [1.54, 1.807) is 15.9 Å². The van der Waals surface area contributed by atoms with Crippen LogP contribution in [0, 0.1) is 19.8 Å². The molecule has 0 aromatic carbocycles. The summed E-state index contributed by atoms with van der Waals surface area (Å²) in [6, 6.07) is 0. The van der Waals surface area contributed by atoms with Crippen LogP contribution in [0.1, 0.15) is 37.6 Å². The normalized spacial score (nSPS) is 20.3. The van der Waals surface area contributed by atoms with E-state index in [1.807, 2.05) is 6.92 Å². The molecule has 1 aliphatic heterocycles. The quantitative estimate of drug-likeness (QED) is 0.857. The highest BCUT2D eigenvalue weighted by atomic mass is 32.2. The van der Waals surface area contributed by atoms with Gasteiger partial charge in [0.1, 0.15) is 4.90 Å². The second kappa shape index (κ2) is 6.46. The Morgan fingerprint density at radius 1 is 1.38 bits per heavy atom. The molecule has 21 heavy (non-hydrogen) atoms. The van der Waals surface area contributed by atoms with Gasteiger partial charge < -0.3 is 5.73 Å². The third kappa shape index (κ3) is 3.14. The molecule has 120 valence electrons. The lowest BCUT2D eigenvalue weighted by atomic mass is 10.1. The maximum absolute atomic E-state index is 12.9. The Hall–Kier alpha value is -0.920. The average Bonchev–Trinajstić information content (AvgIpc) is 3.02. The van der Waals surface area contributed by atoms with Crippen molar-refractivity contribution in [2.45, 2.75) is 51.5 Å². The van der Waals surface area contributed by atoms with E-state index in [-0.39, 0.29) is 0 Å². The number of rotatable bonds is 6. The molecule has 0 bridgehead atoms. The zero-order chi connectivity index (χ0) is 15.6. The number of aryl methyl sites for hydroxylation is 2. The molecule has 1 unspecified atom stereocenters. The van der Waals surface area contributed by atoms with Gasteiger partial charge in [-0.15, -0.1) is 0 Å². The fourth-order valence-electron chi connectivity index (χ4n) is 2.99. The Labute approximate surface area is 127 Å². The SMILES string of the molecule is CCC1CCN(S(=O)(=O)c2c(C)nn(CCCN)c2C)C1. The molecule has 0 saturated carbocycles. The second-order valence-corrected chi connectivity index (χ2v) is 7.67. The molecule has 1 saturated heterocycles. The van der Waals surface area contributed by atoms with Gasteiger partial charge in [-0.05, 0) is 39.2 Å². The Kier molecular flexibility index (Phi) is 5.06. The highest BCUT2D eigenvalue weighted by Gasteiger charge is 2.35. The molecular formula is C14H26N4O2S. The third-order valence-electron chi connectivity index (χ3n) is 4.31. The molecular weight excluding hydrogens is 288 g/mol. The minimum Gasteiger partial charge on any atom is -0.330 e. The number of nitrogens with two attached hydrogens (primary N) is 1. The number of aromatic nitrogens is 2. The number of hydrogen-bond donors (Lipinski definition) is 1. The zero-order valence-electron chi connectivity index (χ0n) is 13.2. The summed E-state index contributed by atoms with van der Waals surface area (Å²) in [5.74, 6) is 0.479. The summed E-state index contributed by atoms with van der Waals surface area (Å²) in [6.45, 7) is 8.20. The molecule has 0 amide bonds. The van der Waals surface area contributed by atoms with Crippen molar-refractivity contribution in [2.75, 3.05) is 19.6 Å². The Bertz CT molecular complexity index is 594. The number of sulfonamides is 1. The molecule has 1 fully saturated rings. The summed E-state index contributed by atoms with van der Waals surface area (Å²) < 4.78 is 29.1. The molecule has 6 nitrogen and oxygen atoms in total. The smallest absolute Gasteiger partial charge is 0.246 e. The van der Waals surface area contributed by atoms with Gasteiger partial charge in [-0.1, -0.05) is 13.3 Å². The van der Waals surface area contributed by atoms with Gasteiger partial charge in [0, 0.05) is 19.6 Å². The van der Waals surface area contributed by atoms with E-state index >= 15 is 0 Å². The van der Waals surface area contributed by atoms with Crippen LogP contribution >= 0.6 is 0 Å². The predicted octanol–water partition coefficient (Wildman–Crippen LogP) is 1.27. The average molecular weight is 314 g/mol. The second-order valence-electron chi connectivity index (χ2n) is 5.79. The van der Waals surface area contributed by atoms with Crippen LogP contribution < -0.4 is 5.73 Å². The van der Waals surface area contributed by atoms with Crippen molar-refractivity contribution in [3.8, 4) is 0 Å². The van der Waals surface area contributed by atoms with Crippen LogP contribution in [0.5, 0.6) is 0 Å². The summed E-state index contributed by atoms with van der Waals surface area (Å²) in [7, 11) is -3.43. The molecule has 1 aromatic heterocycles. The van der Waals surface area contributed by atoms with Gasteiger partial charge >= 0.3 is 0 Å². The molecule has 1 atom stereocenters. The zero-order valence-corrected chi connectivity index (χ0v) is 14.0. The summed E-state index contributed by atoms with van der Waals surface area (Å²) in [5.41, 5.74) is 6.83. The van der Waals surface area contributed by atoms with Crippen LogP contribution in [0.2, 0.25) is 0 Å². The van der Waals surface area contributed by atoms with Crippen molar-refractivity contribution in [3.05, 3.63) is 11.4 Å². The van der Waals surface area contributed by atoms with Crippen LogP contribution in [-0.2, 0) is 16.6 Å².